The van der Waals surface area contributed by atoms with E-state index in [1.807, 2.05) is 13.8 Å². The van der Waals surface area contributed by atoms with Crippen LogP contribution in [0.5, 0.6) is 0 Å². The van der Waals surface area contributed by atoms with Crippen molar-refractivity contribution >= 4 is 55.1 Å². The van der Waals surface area contributed by atoms with Gasteiger partial charge in [-0.1, -0.05) is 13.8 Å². The lowest BCUT2D eigenvalue weighted by molar-refractivity contribution is -0.150. The van der Waals surface area contributed by atoms with E-state index in [0.717, 1.165) is 7.57 Å². The number of hydrogen-bond donors (Lipinski definition) is 1. The molecule has 0 aromatic carbocycles. The summed E-state index contributed by atoms with van der Waals surface area (Å²) in [4.78, 5) is 25.7. The van der Waals surface area contributed by atoms with Gasteiger partial charge in [0.15, 0.2) is 0 Å². The van der Waals surface area contributed by atoms with Crippen molar-refractivity contribution < 1.29 is 14.7 Å². The van der Waals surface area contributed by atoms with Gasteiger partial charge in [0.25, 0.3) is 5.91 Å². The molecule has 110 valence electrons. The van der Waals surface area contributed by atoms with Crippen LogP contribution in [-0.4, -0.2) is 35.0 Å². The van der Waals surface area contributed by atoms with Crippen LogP contribution in [0.4, 0.5) is 0 Å². The van der Waals surface area contributed by atoms with E-state index in [1.165, 1.54) is 11.3 Å². The normalized spacial score (nSPS) is 22.6. The van der Waals surface area contributed by atoms with Crippen molar-refractivity contribution in [2.75, 3.05) is 13.1 Å². The molecule has 1 aromatic heterocycles. The number of thiophene rings is 1. The second-order valence-electron chi connectivity index (χ2n) is 5.33. The predicted molar refractivity (Wildman–Crippen MR) is 85.1 cm³/mol. The summed E-state index contributed by atoms with van der Waals surface area (Å²) in [6.07, 6.45) is 0.509. The lowest BCUT2D eigenvalue weighted by atomic mass is 9.76. The first-order chi connectivity index (χ1) is 9.28. The smallest absolute Gasteiger partial charge is 0.311 e. The molecule has 4 nitrogen and oxygen atoms in total. The zero-order valence-corrected chi connectivity index (χ0v) is 15.1. The Kier molecular flexibility index (Phi) is 4.61. The highest BCUT2D eigenvalue weighted by molar-refractivity contribution is 9.12. The molecule has 1 unspecified atom stereocenters. The van der Waals surface area contributed by atoms with Gasteiger partial charge in [0.2, 0.25) is 0 Å². The van der Waals surface area contributed by atoms with Gasteiger partial charge >= 0.3 is 5.97 Å². The first-order valence-corrected chi connectivity index (χ1v) is 8.65. The third-order valence-electron chi connectivity index (χ3n) is 4.01. The SMILES string of the molecule is CC(C)C1(C(=O)O)CCN(C(=O)c2cc(Br)sc2Br)C1. The molecule has 1 fully saturated rings. The van der Waals surface area contributed by atoms with E-state index in [1.54, 1.807) is 11.0 Å². The Morgan fingerprint density at radius 1 is 1.45 bits per heavy atom. The van der Waals surface area contributed by atoms with Crippen molar-refractivity contribution in [1.82, 2.24) is 4.90 Å². The van der Waals surface area contributed by atoms with E-state index < -0.39 is 11.4 Å². The van der Waals surface area contributed by atoms with Crippen LogP contribution in [-0.2, 0) is 4.79 Å². The Hall–Kier alpha value is -0.400. The van der Waals surface area contributed by atoms with Crippen LogP contribution >= 0.6 is 43.2 Å². The molecule has 2 heterocycles. The molecule has 1 aromatic rings. The van der Waals surface area contributed by atoms with Gasteiger partial charge in [-0.15, -0.1) is 11.3 Å². The zero-order chi connectivity index (χ0) is 15.1. The number of amides is 1. The van der Waals surface area contributed by atoms with Crippen LogP contribution < -0.4 is 0 Å². The minimum Gasteiger partial charge on any atom is -0.481 e. The third-order valence-corrected chi connectivity index (χ3v) is 6.35. The minimum absolute atomic E-state index is 0.00421. The summed E-state index contributed by atoms with van der Waals surface area (Å²) in [5.41, 5.74) is -0.234. The zero-order valence-electron chi connectivity index (χ0n) is 11.2. The lowest BCUT2D eigenvalue weighted by Gasteiger charge is -2.28. The number of carboxylic acids is 1. The van der Waals surface area contributed by atoms with Crippen LogP contribution in [0.3, 0.4) is 0 Å². The molecule has 20 heavy (non-hydrogen) atoms. The molecule has 1 saturated heterocycles. The van der Waals surface area contributed by atoms with Crippen molar-refractivity contribution in [2.24, 2.45) is 11.3 Å². The monoisotopic (exact) mass is 423 g/mol. The van der Waals surface area contributed by atoms with Crippen LogP contribution in [0.15, 0.2) is 13.6 Å². The van der Waals surface area contributed by atoms with Crippen molar-refractivity contribution in [3.8, 4) is 0 Å². The third kappa shape index (κ3) is 2.67. The Morgan fingerprint density at radius 3 is 2.50 bits per heavy atom. The second kappa shape index (κ2) is 5.77. The predicted octanol–water partition coefficient (Wildman–Crippen LogP) is 3.85. The number of carboxylic acid groups (broad SMARTS) is 1. The molecule has 0 radical (unpaired) electrons. The highest BCUT2D eigenvalue weighted by atomic mass is 79.9. The molecular formula is C13H15Br2NO3S. The molecule has 2 rings (SSSR count). The molecule has 1 aliphatic heterocycles. The summed E-state index contributed by atoms with van der Waals surface area (Å²) >= 11 is 8.17. The first-order valence-electron chi connectivity index (χ1n) is 6.25. The highest BCUT2D eigenvalue weighted by Gasteiger charge is 2.48. The number of carbonyl (C=O) groups excluding carboxylic acids is 1. The Labute approximate surface area is 138 Å². The quantitative estimate of drug-likeness (QED) is 0.801. The van der Waals surface area contributed by atoms with Crippen LogP contribution in [0.25, 0.3) is 0 Å². The number of nitrogens with zero attached hydrogens (tertiary/aromatic N) is 1. The van der Waals surface area contributed by atoms with Gasteiger partial charge < -0.3 is 10.0 Å². The van der Waals surface area contributed by atoms with Gasteiger partial charge in [-0.25, -0.2) is 0 Å². The van der Waals surface area contributed by atoms with Gasteiger partial charge in [0, 0.05) is 13.1 Å². The fourth-order valence-electron chi connectivity index (χ4n) is 2.56. The maximum absolute atomic E-state index is 12.5. The largest absolute Gasteiger partial charge is 0.481 e. The van der Waals surface area contributed by atoms with E-state index in [9.17, 15) is 14.7 Å². The van der Waals surface area contributed by atoms with Crippen molar-refractivity contribution in [3.05, 3.63) is 19.2 Å². The Morgan fingerprint density at radius 2 is 2.10 bits per heavy atom. The Balaban J connectivity index is 2.23. The number of carbonyl (C=O) groups is 2. The maximum atomic E-state index is 12.5. The first kappa shape index (κ1) is 16.0. The molecule has 1 amide bonds. The average Bonchev–Trinajstić information content (AvgIpc) is 2.93. The fourth-order valence-corrected chi connectivity index (χ4v) is 5.33. The summed E-state index contributed by atoms with van der Waals surface area (Å²) in [5, 5.41) is 9.51. The molecular weight excluding hydrogens is 410 g/mol. The summed E-state index contributed by atoms with van der Waals surface area (Å²) < 4.78 is 1.65. The molecule has 0 aliphatic carbocycles. The molecule has 0 spiro atoms. The number of hydrogen-bond acceptors (Lipinski definition) is 3. The number of aliphatic carboxylic acids is 1. The van der Waals surface area contributed by atoms with E-state index in [2.05, 4.69) is 31.9 Å². The summed E-state index contributed by atoms with van der Waals surface area (Å²) in [5.74, 6) is -0.925. The van der Waals surface area contributed by atoms with Gasteiger partial charge in [-0.05, 0) is 50.3 Å². The van der Waals surface area contributed by atoms with E-state index in [4.69, 9.17) is 0 Å². The standard InChI is InChI=1S/C13H15Br2NO3S/c1-7(2)13(12(18)19)3-4-16(6-13)11(17)8-5-9(14)20-10(8)15/h5,7H,3-4,6H2,1-2H3,(H,18,19). The molecule has 1 N–H and O–H groups in total. The Bertz CT molecular complexity index is 558. The van der Waals surface area contributed by atoms with Gasteiger partial charge in [0.05, 0.1) is 18.6 Å². The lowest BCUT2D eigenvalue weighted by Crippen LogP contribution is -2.40. The number of halogens is 2. The minimum atomic E-state index is -0.824. The second-order valence-corrected chi connectivity index (χ2v) is 9.08. The highest BCUT2D eigenvalue weighted by Crippen LogP contribution is 2.40. The van der Waals surface area contributed by atoms with Gasteiger partial charge in [0.1, 0.15) is 0 Å². The van der Waals surface area contributed by atoms with Crippen LogP contribution in [0.1, 0.15) is 30.6 Å². The topological polar surface area (TPSA) is 57.6 Å². The number of rotatable bonds is 3. The average molecular weight is 425 g/mol. The van der Waals surface area contributed by atoms with Crippen molar-refractivity contribution in [3.63, 3.8) is 0 Å². The van der Waals surface area contributed by atoms with E-state index in [0.29, 0.717) is 18.5 Å². The molecule has 0 saturated carbocycles. The van der Waals surface area contributed by atoms with Crippen LogP contribution in [0, 0.1) is 11.3 Å². The van der Waals surface area contributed by atoms with Crippen molar-refractivity contribution in [2.45, 2.75) is 20.3 Å². The van der Waals surface area contributed by atoms with Crippen LogP contribution in [0.2, 0.25) is 0 Å². The maximum Gasteiger partial charge on any atom is 0.311 e. The molecule has 1 aliphatic rings. The summed E-state index contributed by atoms with van der Waals surface area (Å²) in [6, 6.07) is 1.77. The fraction of sp³-hybridized carbons (Fsp3) is 0.538. The number of likely N-dealkylation sites (tertiary alicyclic amines) is 1. The van der Waals surface area contributed by atoms with Crippen molar-refractivity contribution in [1.29, 1.82) is 0 Å². The summed E-state index contributed by atoms with van der Waals surface area (Å²) in [7, 11) is 0. The molecule has 0 bridgehead atoms. The van der Waals surface area contributed by atoms with Gasteiger partial charge in [-0.2, -0.15) is 0 Å². The van der Waals surface area contributed by atoms with Gasteiger partial charge in [-0.3, -0.25) is 9.59 Å². The molecule has 1 atom stereocenters. The summed E-state index contributed by atoms with van der Waals surface area (Å²) in [6.45, 7) is 4.57. The van der Waals surface area contributed by atoms with E-state index >= 15 is 0 Å². The molecule has 7 heteroatoms. The van der Waals surface area contributed by atoms with E-state index in [-0.39, 0.29) is 18.4 Å².